The molecule has 1 N–H and O–H groups in total. The highest BCUT2D eigenvalue weighted by Gasteiger charge is 2.09. The summed E-state index contributed by atoms with van der Waals surface area (Å²) in [6.07, 6.45) is 0. The Kier molecular flexibility index (Phi) is 4.52. The second-order valence-electron chi connectivity index (χ2n) is 5.05. The van der Waals surface area contributed by atoms with Crippen LogP contribution in [0.2, 0.25) is 0 Å². The van der Waals surface area contributed by atoms with Crippen molar-refractivity contribution in [2.75, 3.05) is 11.9 Å². The summed E-state index contributed by atoms with van der Waals surface area (Å²) in [6, 6.07) is 10.8. The van der Waals surface area contributed by atoms with Gasteiger partial charge in [-0.2, -0.15) is 0 Å². The molecule has 0 aliphatic heterocycles. The molecule has 0 spiro atoms. The molecule has 1 aromatic heterocycles. The Morgan fingerprint density at radius 2 is 1.96 bits per heavy atom. The van der Waals surface area contributed by atoms with Crippen molar-refractivity contribution in [3.05, 3.63) is 53.8 Å². The van der Waals surface area contributed by atoms with Crippen molar-refractivity contribution < 1.29 is 18.7 Å². The van der Waals surface area contributed by atoms with Gasteiger partial charge in [-0.3, -0.25) is 14.9 Å². The van der Waals surface area contributed by atoms with E-state index in [-0.39, 0.29) is 24.1 Å². The lowest BCUT2D eigenvalue weighted by atomic mass is 10.1. The number of benzene rings is 2. The highest BCUT2D eigenvalue weighted by Crippen LogP contribution is 2.26. The Balaban J connectivity index is 1.59. The number of hydrogen-bond acceptors (Lipinski definition) is 5. The normalized spacial score (nSPS) is 10.6. The van der Waals surface area contributed by atoms with Crippen molar-refractivity contribution in [2.45, 2.75) is 6.92 Å². The number of nitrogens with zero attached hydrogens (tertiary/aromatic N) is 1. The van der Waals surface area contributed by atoms with Gasteiger partial charge < -0.3 is 4.74 Å². The van der Waals surface area contributed by atoms with Crippen molar-refractivity contribution in [2.24, 2.45) is 0 Å². The molecule has 3 rings (SSSR count). The van der Waals surface area contributed by atoms with Crippen LogP contribution in [0.1, 0.15) is 17.3 Å². The first-order valence-electron chi connectivity index (χ1n) is 7.11. The number of thiazole rings is 1. The lowest BCUT2D eigenvalue weighted by Gasteiger charge is -2.06. The molecule has 3 aromatic rings. The van der Waals surface area contributed by atoms with Gasteiger partial charge in [0.25, 0.3) is 5.91 Å². The zero-order valence-electron chi connectivity index (χ0n) is 12.7. The first-order valence-corrected chi connectivity index (χ1v) is 7.92. The maximum atomic E-state index is 13.1. The van der Waals surface area contributed by atoms with E-state index in [0.717, 1.165) is 0 Å². The van der Waals surface area contributed by atoms with Crippen molar-refractivity contribution in [1.82, 2.24) is 4.98 Å². The van der Waals surface area contributed by atoms with Gasteiger partial charge in [-0.05, 0) is 49.4 Å². The van der Waals surface area contributed by atoms with Gasteiger partial charge in [0, 0.05) is 5.56 Å². The zero-order chi connectivity index (χ0) is 17.1. The number of fused-ring (bicyclic) bond motifs is 1. The fourth-order valence-electron chi connectivity index (χ4n) is 2.04. The molecule has 0 bridgehead atoms. The molecule has 0 aliphatic carbocycles. The number of nitrogens with one attached hydrogen (secondary N) is 1. The summed E-state index contributed by atoms with van der Waals surface area (Å²) in [5.74, 6) is -0.264. The number of amides is 1. The maximum Gasteiger partial charge on any atom is 0.264 e. The Bertz CT molecular complexity index is 906. The number of carbonyl (C=O) groups excluding carboxylic acids is 2. The fraction of sp³-hybridized carbons (Fsp3) is 0.118. The van der Waals surface area contributed by atoms with Crippen molar-refractivity contribution in [3.63, 3.8) is 0 Å². The van der Waals surface area contributed by atoms with Gasteiger partial charge in [-0.15, -0.1) is 0 Å². The lowest BCUT2D eigenvalue weighted by Crippen LogP contribution is -2.20. The maximum absolute atomic E-state index is 13.1. The van der Waals surface area contributed by atoms with Crippen LogP contribution in [0.5, 0.6) is 5.75 Å². The topological polar surface area (TPSA) is 68.3 Å². The monoisotopic (exact) mass is 344 g/mol. The minimum absolute atomic E-state index is 0.0356. The molecule has 0 saturated carbocycles. The number of halogens is 1. The van der Waals surface area contributed by atoms with E-state index >= 15 is 0 Å². The number of Topliss-reactive ketones (excluding diaryl/α,β-unsaturated/α-hetero) is 1. The number of ketones is 1. The summed E-state index contributed by atoms with van der Waals surface area (Å²) in [5.41, 5.74) is 1.20. The number of anilines is 1. The molecule has 122 valence electrons. The van der Waals surface area contributed by atoms with Crippen LogP contribution in [0.3, 0.4) is 0 Å². The van der Waals surface area contributed by atoms with Gasteiger partial charge in [-0.25, -0.2) is 9.37 Å². The van der Waals surface area contributed by atoms with Crippen LogP contribution < -0.4 is 10.1 Å². The minimum atomic E-state index is -0.370. The second kappa shape index (κ2) is 6.76. The molecule has 0 atom stereocenters. The molecular formula is C17H13FN2O3S. The van der Waals surface area contributed by atoms with E-state index in [1.807, 2.05) is 0 Å². The molecule has 0 saturated heterocycles. The molecular weight excluding hydrogens is 331 g/mol. The SMILES string of the molecule is CC(=O)c1ccc(OCC(=O)Nc2nc3ccc(F)cc3s2)cc1. The number of ether oxygens (including phenoxy) is 1. The van der Waals surface area contributed by atoms with E-state index in [9.17, 15) is 14.0 Å². The summed E-state index contributed by atoms with van der Waals surface area (Å²) < 4.78 is 19.2. The molecule has 5 nitrogen and oxygen atoms in total. The van der Waals surface area contributed by atoms with E-state index in [0.29, 0.717) is 26.7 Å². The van der Waals surface area contributed by atoms with E-state index in [2.05, 4.69) is 10.3 Å². The standard InChI is InChI=1S/C17H13FN2O3S/c1-10(21)11-2-5-13(6-3-11)23-9-16(22)20-17-19-14-7-4-12(18)8-15(14)24-17/h2-8H,9H2,1H3,(H,19,20,22). The van der Waals surface area contributed by atoms with Crippen molar-refractivity contribution in [3.8, 4) is 5.75 Å². The molecule has 0 unspecified atom stereocenters. The van der Waals surface area contributed by atoms with Gasteiger partial charge in [0.2, 0.25) is 0 Å². The molecule has 0 radical (unpaired) electrons. The Morgan fingerprint density at radius 3 is 2.67 bits per heavy atom. The van der Waals surface area contributed by atoms with Crippen LogP contribution in [0.4, 0.5) is 9.52 Å². The predicted octanol–water partition coefficient (Wildman–Crippen LogP) is 3.66. The van der Waals surface area contributed by atoms with Crippen LogP contribution in [-0.4, -0.2) is 23.3 Å². The van der Waals surface area contributed by atoms with Crippen molar-refractivity contribution in [1.29, 1.82) is 0 Å². The number of carbonyl (C=O) groups is 2. The second-order valence-corrected chi connectivity index (χ2v) is 6.08. The van der Waals surface area contributed by atoms with Crippen LogP contribution in [-0.2, 0) is 4.79 Å². The first-order chi connectivity index (χ1) is 11.5. The van der Waals surface area contributed by atoms with Crippen LogP contribution in [0, 0.1) is 5.82 Å². The van der Waals surface area contributed by atoms with Gasteiger partial charge in [0.1, 0.15) is 11.6 Å². The molecule has 2 aromatic carbocycles. The van der Waals surface area contributed by atoms with Gasteiger partial charge >= 0.3 is 0 Å². The third kappa shape index (κ3) is 3.75. The quantitative estimate of drug-likeness (QED) is 0.717. The molecule has 24 heavy (non-hydrogen) atoms. The molecule has 1 heterocycles. The smallest absolute Gasteiger partial charge is 0.264 e. The Labute approximate surface area is 141 Å². The summed E-state index contributed by atoms with van der Waals surface area (Å²) >= 11 is 1.19. The van der Waals surface area contributed by atoms with Crippen LogP contribution >= 0.6 is 11.3 Å². The third-order valence-electron chi connectivity index (χ3n) is 3.23. The third-order valence-corrected chi connectivity index (χ3v) is 4.16. The van der Waals surface area contributed by atoms with E-state index in [4.69, 9.17) is 4.74 Å². The average Bonchev–Trinajstić information content (AvgIpc) is 2.94. The Hall–Kier alpha value is -2.80. The molecule has 7 heteroatoms. The Morgan fingerprint density at radius 1 is 1.21 bits per heavy atom. The zero-order valence-corrected chi connectivity index (χ0v) is 13.5. The average molecular weight is 344 g/mol. The van der Waals surface area contributed by atoms with Gasteiger partial charge in [0.05, 0.1) is 10.2 Å². The number of hydrogen-bond donors (Lipinski definition) is 1. The molecule has 0 aliphatic rings. The summed E-state index contributed by atoms with van der Waals surface area (Å²) in [5, 5.41) is 3.00. The van der Waals surface area contributed by atoms with E-state index < -0.39 is 0 Å². The van der Waals surface area contributed by atoms with Crippen LogP contribution in [0.15, 0.2) is 42.5 Å². The lowest BCUT2D eigenvalue weighted by molar-refractivity contribution is -0.118. The largest absolute Gasteiger partial charge is 0.484 e. The first kappa shape index (κ1) is 16.1. The summed E-state index contributed by atoms with van der Waals surface area (Å²) in [6.45, 7) is 1.29. The highest BCUT2D eigenvalue weighted by atomic mass is 32.1. The van der Waals surface area contributed by atoms with E-state index in [1.54, 1.807) is 30.3 Å². The predicted molar refractivity (Wildman–Crippen MR) is 90.1 cm³/mol. The van der Waals surface area contributed by atoms with E-state index in [1.165, 1.54) is 30.4 Å². The number of rotatable bonds is 5. The molecule has 1 amide bonds. The van der Waals surface area contributed by atoms with Gasteiger partial charge in [-0.1, -0.05) is 11.3 Å². The number of aromatic nitrogens is 1. The van der Waals surface area contributed by atoms with Crippen molar-refractivity contribution >= 4 is 38.4 Å². The minimum Gasteiger partial charge on any atom is -0.484 e. The van der Waals surface area contributed by atoms with Crippen LogP contribution in [0.25, 0.3) is 10.2 Å². The molecule has 0 fully saturated rings. The summed E-state index contributed by atoms with van der Waals surface area (Å²) in [7, 11) is 0. The fourth-order valence-corrected chi connectivity index (χ4v) is 2.95. The van der Waals surface area contributed by atoms with Gasteiger partial charge in [0.15, 0.2) is 17.5 Å². The summed E-state index contributed by atoms with van der Waals surface area (Å²) in [4.78, 5) is 27.3. The highest BCUT2D eigenvalue weighted by molar-refractivity contribution is 7.22.